The normalized spacial score (nSPS) is 11.5. The summed E-state index contributed by atoms with van der Waals surface area (Å²) in [6, 6.07) is 3.50. The molecule has 0 aliphatic heterocycles. The van der Waals surface area contributed by atoms with Crippen LogP contribution in [0.15, 0.2) is 35.5 Å². The van der Waals surface area contributed by atoms with E-state index in [0.29, 0.717) is 5.82 Å². The van der Waals surface area contributed by atoms with Gasteiger partial charge in [0, 0.05) is 19.4 Å². The Bertz CT molecular complexity index is 786. The maximum Gasteiger partial charge on any atom is 0.337 e. The van der Waals surface area contributed by atoms with Gasteiger partial charge in [-0.2, -0.15) is 0 Å². The van der Waals surface area contributed by atoms with Crippen LogP contribution in [0.2, 0.25) is 5.02 Å². The largest absolute Gasteiger partial charge is 0.478 e. The van der Waals surface area contributed by atoms with E-state index in [-0.39, 0.29) is 22.0 Å². The fourth-order valence-corrected chi connectivity index (χ4v) is 2.85. The number of carbonyl (C=O) groups is 1. The van der Waals surface area contributed by atoms with E-state index in [1.54, 1.807) is 24.0 Å². The minimum absolute atomic E-state index is 0.00311. The van der Waals surface area contributed by atoms with Gasteiger partial charge in [0.25, 0.3) is 0 Å². The Morgan fingerprint density at radius 3 is 2.76 bits per heavy atom. The van der Waals surface area contributed by atoms with Crippen molar-refractivity contribution in [1.29, 1.82) is 0 Å². The van der Waals surface area contributed by atoms with Gasteiger partial charge in [0.05, 0.1) is 22.0 Å². The first-order valence-corrected chi connectivity index (χ1v) is 7.66. The quantitative estimate of drug-likeness (QED) is 0.859. The summed E-state index contributed by atoms with van der Waals surface area (Å²) in [6.45, 7) is -0.00311. The summed E-state index contributed by atoms with van der Waals surface area (Å²) in [6.07, 6.45) is 3.24. The first-order chi connectivity index (χ1) is 9.81. The van der Waals surface area contributed by atoms with Crippen LogP contribution >= 0.6 is 11.6 Å². The molecule has 1 aromatic heterocycles. The summed E-state index contributed by atoms with van der Waals surface area (Å²) in [5.41, 5.74) is -0.267. The number of benzene rings is 1. The van der Waals surface area contributed by atoms with E-state index in [1.165, 1.54) is 12.1 Å². The van der Waals surface area contributed by atoms with Gasteiger partial charge in [0.15, 0.2) is 0 Å². The van der Waals surface area contributed by atoms with Crippen LogP contribution in [-0.2, 0) is 23.6 Å². The summed E-state index contributed by atoms with van der Waals surface area (Å²) in [5, 5.41) is 8.94. The number of aromatic nitrogens is 2. The molecule has 0 radical (unpaired) electrons. The number of carboxylic acid groups (broad SMARTS) is 1. The van der Waals surface area contributed by atoms with E-state index in [4.69, 9.17) is 16.7 Å². The van der Waals surface area contributed by atoms with Crippen LogP contribution in [0.25, 0.3) is 0 Å². The standard InChI is InChI=1S/C12H12ClN3O4S/c1-16-5-4-14-11(16)7-15-21(19,20)8-2-3-10(13)9(6-8)12(17)18/h2-6,15H,7H2,1H3,(H,17,18). The smallest absolute Gasteiger partial charge is 0.337 e. The van der Waals surface area contributed by atoms with Gasteiger partial charge in [-0.3, -0.25) is 0 Å². The molecule has 0 saturated carbocycles. The van der Waals surface area contributed by atoms with Crippen LogP contribution in [0.4, 0.5) is 0 Å². The molecule has 1 heterocycles. The van der Waals surface area contributed by atoms with Gasteiger partial charge < -0.3 is 9.67 Å². The average Bonchev–Trinajstić information content (AvgIpc) is 2.82. The molecule has 0 unspecified atom stereocenters. The zero-order valence-corrected chi connectivity index (χ0v) is 12.5. The van der Waals surface area contributed by atoms with E-state index < -0.39 is 16.0 Å². The fraction of sp³-hybridized carbons (Fsp3) is 0.167. The van der Waals surface area contributed by atoms with Gasteiger partial charge in [-0.25, -0.2) is 22.9 Å². The van der Waals surface area contributed by atoms with Crippen molar-refractivity contribution in [2.24, 2.45) is 7.05 Å². The van der Waals surface area contributed by atoms with Crippen LogP contribution in [-0.4, -0.2) is 29.0 Å². The molecule has 0 aliphatic rings. The molecule has 112 valence electrons. The van der Waals surface area contributed by atoms with Crippen molar-refractivity contribution in [2.45, 2.75) is 11.4 Å². The van der Waals surface area contributed by atoms with Crippen LogP contribution in [0.3, 0.4) is 0 Å². The lowest BCUT2D eigenvalue weighted by atomic mass is 10.2. The number of imidazole rings is 1. The van der Waals surface area contributed by atoms with Gasteiger partial charge in [-0.05, 0) is 18.2 Å². The third-order valence-corrected chi connectivity index (χ3v) is 4.55. The number of aryl methyl sites for hydroxylation is 1. The number of hydrogen-bond donors (Lipinski definition) is 2. The van der Waals surface area contributed by atoms with Crippen LogP contribution in [0.1, 0.15) is 16.2 Å². The summed E-state index contributed by atoms with van der Waals surface area (Å²) < 4.78 is 28.3. The molecular formula is C12H12ClN3O4S. The highest BCUT2D eigenvalue weighted by atomic mass is 35.5. The lowest BCUT2D eigenvalue weighted by molar-refractivity contribution is 0.0697. The molecule has 0 spiro atoms. The molecule has 0 aliphatic carbocycles. The highest BCUT2D eigenvalue weighted by molar-refractivity contribution is 7.89. The minimum Gasteiger partial charge on any atom is -0.478 e. The summed E-state index contributed by atoms with van der Waals surface area (Å²) >= 11 is 5.71. The van der Waals surface area contributed by atoms with Crippen molar-refractivity contribution in [3.63, 3.8) is 0 Å². The molecule has 0 saturated heterocycles. The lowest BCUT2D eigenvalue weighted by Gasteiger charge is -2.08. The van der Waals surface area contributed by atoms with E-state index in [2.05, 4.69) is 9.71 Å². The molecule has 0 bridgehead atoms. The molecule has 0 atom stereocenters. The second kappa shape index (κ2) is 5.84. The van der Waals surface area contributed by atoms with Gasteiger partial charge in [0.1, 0.15) is 5.82 Å². The number of carboxylic acids is 1. The molecule has 21 heavy (non-hydrogen) atoms. The molecule has 2 N–H and O–H groups in total. The molecule has 0 amide bonds. The SMILES string of the molecule is Cn1ccnc1CNS(=O)(=O)c1ccc(Cl)c(C(=O)O)c1. The second-order valence-corrected chi connectivity index (χ2v) is 6.40. The van der Waals surface area contributed by atoms with Crippen molar-refractivity contribution in [2.75, 3.05) is 0 Å². The molecule has 7 nitrogen and oxygen atoms in total. The lowest BCUT2D eigenvalue weighted by Crippen LogP contribution is -2.25. The van der Waals surface area contributed by atoms with Crippen LogP contribution in [0.5, 0.6) is 0 Å². The summed E-state index contributed by atoms with van der Waals surface area (Å²) in [4.78, 5) is 14.8. The molecule has 1 aromatic carbocycles. The average molecular weight is 330 g/mol. The number of aromatic carboxylic acids is 1. The Kier molecular flexibility index (Phi) is 4.31. The highest BCUT2D eigenvalue weighted by Gasteiger charge is 2.18. The van der Waals surface area contributed by atoms with Crippen molar-refractivity contribution < 1.29 is 18.3 Å². The Morgan fingerprint density at radius 2 is 2.19 bits per heavy atom. The zero-order valence-electron chi connectivity index (χ0n) is 10.9. The Morgan fingerprint density at radius 1 is 1.48 bits per heavy atom. The van der Waals surface area contributed by atoms with Gasteiger partial charge in [0.2, 0.25) is 10.0 Å². The van der Waals surface area contributed by atoms with Crippen molar-refractivity contribution in [3.05, 3.63) is 47.0 Å². The monoisotopic (exact) mass is 329 g/mol. The molecule has 2 rings (SSSR count). The second-order valence-electron chi connectivity index (χ2n) is 4.23. The molecular weight excluding hydrogens is 318 g/mol. The summed E-state index contributed by atoms with van der Waals surface area (Å²) in [7, 11) is -2.11. The first-order valence-electron chi connectivity index (χ1n) is 5.80. The number of hydrogen-bond acceptors (Lipinski definition) is 4. The fourth-order valence-electron chi connectivity index (χ4n) is 1.65. The van der Waals surface area contributed by atoms with E-state index in [1.807, 2.05) is 0 Å². The first kappa shape index (κ1) is 15.5. The Labute approximate surface area is 126 Å². The van der Waals surface area contributed by atoms with Crippen LogP contribution < -0.4 is 4.72 Å². The third kappa shape index (κ3) is 3.41. The summed E-state index contributed by atoms with van der Waals surface area (Å²) in [5.74, 6) is -0.757. The van der Waals surface area contributed by atoms with Crippen molar-refractivity contribution in [1.82, 2.24) is 14.3 Å². The Hall–Kier alpha value is -1.90. The van der Waals surface area contributed by atoms with E-state index in [9.17, 15) is 13.2 Å². The number of nitrogens with zero attached hydrogens (tertiary/aromatic N) is 2. The van der Waals surface area contributed by atoms with E-state index >= 15 is 0 Å². The number of nitrogens with one attached hydrogen (secondary N) is 1. The van der Waals surface area contributed by atoms with E-state index in [0.717, 1.165) is 6.07 Å². The predicted octanol–water partition coefficient (Wildman–Crippen LogP) is 1.25. The van der Waals surface area contributed by atoms with Gasteiger partial charge in [-0.15, -0.1) is 0 Å². The number of rotatable bonds is 5. The van der Waals surface area contributed by atoms with Crippen molar-refractivity contribution in [3.8, 4) is 0 Å². The predicted molar refractivity (Wildman–Crippen MR) is 75.6 cm³/mol. The Balaban J connectivity index is 2.26. The van der Waals surface area contributed by atoms with Crippen molar-refractivity contribution >= 4 is 27.6 Å². The third-order valence-electron chi connectivity index (χ3n) is 2.82. The molecule has 0 fully saturated rings. The highest BCUT2D eigenvalue weighted by Crippen LogP contribution is 2.20. The van der Waals surface area contributed by atoms with Gasteiger partial charge >= 0.3 is 5.97 Å². The number of halogens is 1. The maximum atomic E-state index is 12.1. The van der Waals surface area contributed by atoms with Gasteiger partial charge in [-0.1, -0.05) is 11.6 Å². The number of sulfonamides is 1. The maximum absolute atomic E-state index is 12.1. The molecule has 2 aromatic rings. The zero-order chi connectivity index (χ0) is 15.6. The molecule has 9 heteroatoms. The van der Waals surface area contributed by atoms with Crippen LogP contribution in [0, 0.1) is 0 Å². The topological polar surface area (TPSA) is 101 Å². The minimum atomic E-state index is -3.85.